The van der Waals surface area contributed by atoms with Crippen molar-refractivity contribution in [1.29, 1.82) is 0 Å². The standard InChI is InChI=1S/C17H18O4S/c1-3-21-15-8-6-14(7-9-15)17(18)12-22(19,20)16-10-4-13(2)5-11-16/h4-11H,3,12H2,1-2H3. The molecule has 0 saturated heterocycles. The van der Waals surface area contributed by atoms with Gasteiger partial charge >= 0.3 is 0 Å². The zero-order valence-electron chi connectivity index (χ0n) is 12.6. The van der Waals surface area contributed by atoms with Crippen molar-refractivity contribution in [2.24, 2.45) is 0 Å². The molecule has 0 spiro atoms. The first kappa shape index (κ1) is 16.2. The monoisotopic (exact) mass is 318 g/mol. The summed E-state index contributed by atoms with van der Waals surface area (Å²) >= 11 is 0. The minimum atomic E-state index is -3.63. The third kappa shape index (κ3) is 3.95. The van der Waals surface area contributed by atoms with E-state index in [1.807, 2.05) is 13.8 Å². The van der Waals surface area contributed by atoms with Crippen molar-refractivity contribution in [2.45, 2.75) is 18.7 Å². The van der Waals surface area contributed by atoms with Crippen LogP contribution in [0.3, 0.4) is 0 Å². The number of hydrogen-bond donors (Lipinski definition) is 0. The first-order valence-corrected chi connectivity index (χ1v) is 8.63. The van der Waals surface area contributed by atoms with Crippen LogP contribution in [0.15, 0.2) is 53.4 Å². The minimum absolute atomic E-state index is 0.164. The number of aryl methyl sites for hydroxylation is 1. The highest BCUT2D eigenvalue weighted by molar-refractivity contribution is 7.92. The lowest BCUT2D eigenvalue weighted by molar-refractivity contribution is 0.102. The third-order valence-corrected chi connectivity index (χ3v) is 4.82. The van der Waals surface area contributed by atoms with Gasteiger partial charge in [0, 0.05) is 5.56 Å². The average Bonchev–Trinajstić information content (AvgIpc) is 2.48. The quantitative estimate of drug-likeness (QED) is 0.768. The molecule has 0 saturated carbocycles. The van der Waals surface area contributed by atoms with Crippen LogP contribution in [0.25, 0.3) is 0 Å². The Morgan fingerprint density at radius 3 is 2.14 bits per heavy atom. The van der Waals surface area contributed by atoms with Gasteiger partial charge < -0.3 is 4.74 Å². The maximum absolute atomic E-state index is 12.3. The smallest absolute Gasteiger partial charge is 0.185 e. The van der Waals surface area contributed by atoms with E-state index < -0.39 is 21.4 Å². The molecule has 4 nitrogen and oxygen atoms in total. The highest BCUT2D eigenvalue weighted by Crippen LogP contribution is 2.16. The Morgan fingerprint density at radius 1 is 1.00 bits per heavy atom. The minimum Gasteiger partial charge on any atom is -0.494 e. The van der Waals surface area contributed by atoms with E-state index in [1.54, 1.807) is 36.4 Å². The molecule has 0 aliphatic carbocycles. The van der Waals surface area contributed by atoms with Crippen LogP contribution in [0, 0.1) is 6.92 Å². The number of sulfone groups is 1. The van der Waals surface area contributed by atoms with E-state index >= 15 is 0 Å². The van der Waals surface area contributed by atoms with E-state index in [0.717, 1.165) is 5.56 Å². The lowest BCUT2D eigenvalue weighted by Gasteiger charge is -2.06. The maximum atomic E-state index is 12.3. The molecule has 0 aromatic heterocycles. The molecule has 0 aliphatic rings. The molecule has 0 N–H and O–H groups in total. The predicted octanol–water partition coefficient (Wildman–Crippen LogP) is 3.05. The van der Waals surface area contributed by atoms with Crippen LogP contribution < -0.4 is 4.74 Å². The Labute approximate surface area is 130 Å². The summed E-state index contributed by atoms with van der Waals surface area (Å²) in [7, 11) is -3.63. The second-order valence-corrected chi connectivity index (χ2v) is 6.94. The second kappa shape index (κ2) is 6.75. The van der Waals surface area contributed by atoms with Gasteiger partial charge in [-0.05, 0) is 50.2 Å². The summed E-state index contributed by atoms with van der Waals surface area (Å²) < 4.78 is 29.8. The largest absolute Gasteiger partial charge is 0.494 e. The number of carbonyl (C=O) groups excluding carboxylic acids is 1. The zero-order chi connectivity index (χ0) is 16.2. The fourth-order valence-corrected chi connectivity index (χ4v) is 3.22. The molecule has 2 aromatic rings. The number of ether oxygens (including phenoxy) is 1. The molecule has 0 radical (unpaired) electrons. The van der Waals surface area contributed by atoms with Crippen molar-refractivity contribution in [3.8, 4) is 5.75 Å². The van der Waals surface area contributed by atoms with Crippen LogP contribution in [0.1, 0.15) is 22.8 Å². The Bertz CT molecular complexity index is 744. The van der Waals surface area contributed by atoms with Crippen LogP contribution in [0.4, 0.5) is 0 Å². The van der Waals surface area contributed by atoms with E-state index in [-0.39, 0.29) is 4.90 Å². The second-order valence-electron chi connectivity index (χ2n) is 4.95. The van der Waals surface area contributed by atoms with Crippen molar-refractivity contribution in [2.75, 3.05) is 12.4 Å². The van der Waals surface area contributed by atoms with Crippen molar-refractivity contribution < 1.29 is 17.9 Å². The molecule has 2 rings (SSSR count). The SMILES string of the molecule is CCOc1ccc(C(=O)CS(=O)(=O)c2ccc(C)cc2)cc1. The Morgan fingerprint density at radius 2 is 1.59 bits per heavy atom. The summed E-state index contributed by atoms with van der Waals surface area (Å²) in [6.45, 7) is 4.28. The highest BCUT2D eigenvalue weighted by atomic mass is 32.2. The molecule has 5 heteroatoms. The molecule has 22 heavy (non-hydrogen) atoms. The molecular formula is C17H18O4S. The van der Waals surface area contributed by atoms with E-state index in [4.69, 9.17) is 4.74 Å². The molecule has 0 unspecified atom stereocenters. The lowest BCUT2D eigenvalue weighted by atomic mass is 10.1. The number of ketones is 1. The summed E-state index contributed by atoms with van der Waals surface area (Å²) in [6, 6.07) is 13.0. The third-order valence-electron chi connectivity index (χ3n) is 3.19. The fourth-order valence-electron chi connectivity index (χ4n) is 1.99. The van der Waals surface area contributed by atoms with Gasteiger partial charge in [-0.3, -0.25) is 4.79 Å². The summed E-state index contributed by atoms with van der Waals surface area (Å²) in [4.78, 5) is 12.3. The van der Waals surface area contributed by atoms with Crippen LogP contribution in [0.2, 0.25) is 0 Å². The normalized spacial score (nSPS) is 11.2. The number of rotatable bonds is 6. The molecule has 0 aliphatic heterocycles. The average molecular weight is 318 g/mol. The Kier molecular flexibility index (Phi) is 4.98. The van der Waals surface area contributed by atoms with Gasteiger partial charge in [-0.25, -0.2) is 8.42 Å². The Hall–Kier alpha value is -2.14. The molecule has 2 aromatic carbocycles. The molecule has 0 heterocycles. The Balaban J connectivity index is 2.15. The highest BCUT2D eigenvalue weighted by Gasteiger charge is 2.20. The van der Waals surface area contributed by atoms with Crippen LogP contribution in [-0.2, 0) is 9.84 Å². The summed E-state index contributed by atoms with van der Waals surface area (Å²) in [5.74, 6) is -0.312. The maximum Gasteiger partial charge on any atom is 0.185 e. The molecule has 0 bridgehead atoms. The van der Waals surface area contributed by atoms with Crippen LogP contribution in [0.5, 0.6) is 5.75 Å². The van der Waals surface area contributed by atoms with Gasteiger partial charge in [0.1, 0.15) is 11.5 Å². The molecule has 0 amide bonds. The van der Waals surface area contributed by atoms with E-state index in [2.05, 4.69) is 0 Å². The first-order valence-electron chi connectivity index (χ1n) is 6.98. The molecule has 0 atom stereocenters. The fraction of sp³-hybridized carbons (Fsp3) is 0.235. The van der Waals surface area contributed by atoms with E-state index in [9.17, 15) is 13.2 Å². The number of hydrogen-bond acceptors (Lipinski definition) is 4. The van der Waals surface area contributed by atoms with Crippen LogP contribution in [-0.4, -0.2) is 26.6 Å². The molecular weight excluding hydrogens is 300 g/mol. The van der Waals surface area contributed by atoms with Crippen molar-refractivity contribution in [3.63, 3.8) is 0 Å². The van der Waals surface area contributed by atoms with Crippen molar-refractivity contribution in [3.05, 3.63) is 59.7 Å². The van der Waals surface area contributed by atoms with Crippen molar-refractivity contribution in [1.82, 2.24) is 0 Å². The van der Waals surface area contributed by atoms with E-state index in [0.29, 0.717) is 17.9 Å². The number of carbonyl (C=O) groups is 1. The lowest BCUT2D eigenvalue weighted by Crippen LogP contribution is -2.16. The van der Waals surface area contributed by atoms with Gasteiger partial charge in [-0.2, -0.15) is 0 Å². The van der Waals surface area contributed by atoms with Crippen molar-refractivity contribution >= 4 is 15.6 Å². The van der Waals surface area contributed by atoms with E-state index in [1.165, 1.54) is 12.1 Å². The zero-order valence-corrected chi connectivity index (χ0v) is 13.4. The molecule has 0 fully saturated rings. The van der Waals surface area contributed by atoms with Gasteiger partial charge in [0.25, 0.3) is 0 Å². The van der Waals surface area contributed by atoms with Gasteiger partial charge in [0.2, 0.25) is 0 Å². The van der Waals surface area contributed by atoms with Gasteiger partial charge in [0.15, 0.2) is 15.6 Å². The van der Waals surface area contributed by atoms with Gasteiger partial charge in [-0.1, -0.05) is 17.7 Å². The molecule has 116 valence electrons. The number of Topliss-reactive ketones (excluding diaryl/α,β-unsaturated/α-hetero) is 1. The summed E-state index contributed by atoms with van der Waals surface area (Å²) in [6.07, 6.45) is 0. The predicted molar refractivity (Wildman–Crippen MR) is 85.2 cm³/mol. The van der Waals surface area contributed by atoms with Gasteiger partial charge in [-0.15, -0.1) is 0 Å². The van der Waals surface area contributed by atoms with Crippen LogP contribution >= 0.6 is 0 Å². The summed E-state index contributed by atoms with van der Waals surface area (Å²) in [5.41, 5.74) is 1.33. The first-order chi connectivity index (χ1) is 10.4. The topological polar surface area (TPSA) is 60.4 Å². The number of benzene rings is 2. The summed E-state index contributed by atoms with van der Waals surface area (Å²) in [5, 5.41) is 0. The van der Waals surface area contributed by atoms with Gasteiger partial charge in [0.05, 0.1) is 11.5 Å².